The Morgan fingerprint density at radius 2 is 0.807 bits per heavy atom. The molecule has 27 heteroatoms. The molecule has 3 amide bonds. The second kappa shape index (κ2) is 40.2. The molecule has 4 aromatic heterocycles. The molecule has 0 saturated heterocycles. The largest absolute Gasteiger partial charge is 0.366 e. The highest BCUT2D eigenvalue weighted by Crippen LogP contribution is 2.39. The van der Waals surface area contributed by atoms with Gasteiger partial charge in [0.25, 0.3) is 17.7 Å². The minimum atomic E-state index is -0.922. The fourth-order valence-corrected chi connectivity index (χ4v) is 14.2. The van der Waals surface area contributed by atoms with Gasteiger partial charge in [-0.15, -0.1) is 23.2 Å². The Balaban J connectivity index is 0.000000161. The van der Waals surface area contributed by atoms with Crippen molar-refractivity contribution in [3.63, 3.8) is 0 Å². The molecule has 10 aromatic carbocycles. The zero-order valence-electron chi connectivity index (χ0n) is 62.9. The number of H-pyrrole nitrogens is 1. The van der Waals surface area contributed by atoms with Crippen molar-refractivity contribution in [3.05, 3.63) is 358 Å². The molecular weight excluding hydrogens is 1600 g/mol. The van der Waals surface area contributed by atoms with Crippen molar-refractivity contribution >= 4 is 114 Å². The van der Waals surface area contributed by atoms with Crippen LogP contribution in [0.5, 0.6) is 0 Å². The van der Waals surface area contributed by atoms with Gasteiger partial charge >= 0.3 is 0 Å². The molecule has 119 heavy (non-hydrogen) atoms. The first-order valence-corrected chi connectivity index (χ1v) is 38.2. The van der Waals surface area contributed by atoms with Crippen molar-refractivity contribution in [2.45, 2.75) is 56.4 Å². The van der Waals surface area contributed by atoms with Crippen molar-refractivity contribution in [3.8, 4) is 33.4 Å². The average Bonchev–Trinajstić information content (AvgIpc) is 0.905. The number of primary amides is 3. The number of rotatable bonds is 23. The predicted octanol–water partition coefficient (Wildman–Crippen LogP) is 19.3. The van der Waals surface area contributed by atoms with Crippen LogP contribution in [0.1, 0.15) is 101 Å². The topological polar surface area (TPSA) is 264 Å². The van der Waals surface area contributed by atoms with Crippen LogP contribution >= 0.6 is 34.8 Å². The molecule has 15 rings (SSSR count). The standard InChI is InChI=1S/C35H26F3N3O2.C23H18ClF3N2O2.C20H16F3N3O.C12H9N.C2H2Cl2O/c36-26-15-21(16-27(37)19-26)14-25(33-29(6-3-12-40-33)24-9-10-32(38)31(18-24)35(39)43)17-28(42)20-41-13-11-23-8-7-22-4-1-2-5-30(22)34(23)41;24-12-18(30)9-15(6-13-7-16(25)11-17(26)8-13)22-19(2-1-5-29-22)14-3-4-21(27)20(10-14)23(28)31;21-13-6-11(7-14(22)10-13)8-18(24)19-15(2-1-5-26-19)12-3-4-17(23)16(9-12)20(25)27;1-2-4-11-9(3-1)5-6-10-7-8-13-12(10)11;3-1-2(4)5/h1-10,12-13,15-16,18-19,25H,11,14,17,20H2,(H-,39,43);1-5,7-8,10-11,15H,6,9,12H2,(H2,28,31);1-7,9-10,18H,8,24H2,(H2,25,27);1-8,13H;1H2/p+1/t25-;15-;18-;;/m110../s1. The number of pyridine rings is 3. The van der Waals surface area contributed by atoms with Crippen LogP contribution in [0.15, 0.2) is 249 Å². The Morgan fingerprint density at radius 3 is 1.24 bits per heavy atom. The number of hydrogen-bond acceptors (Lipinski definition) is 10. The Labute approximate surface area is 691 Å². The maximum Gasteiger partial charge on any atom is 0.251 e. The summed E-state index contributed by atoms with van der Waals surface area (Å²) in [7, 11) is 0. The number of ketones is 2. The highest BCUT2D eigenvalue weighted by atomic mass is 35.5. The number of amides is 3. The summed E-state index contributed by atoms with van der Waals surface area (Å²) in [6.45, 7) is 0.111. The van der Waals surface area contributed by atoms with Crippen LogP contribution in [0.3, 0.4) is 0 Å². The number of fused-ring (bicyclic) bond motifs is 6. The molecule has 15 nitrogen and oxygen atoms in total. The quantitative estimate of drug-likeness (QED) is 0.0175. The summed E-state index contributed by atoms with van der Waals surface area (Å²) in [5.74, 6) is -11.1. The van der Waals surface area contributed by atoms with E-state index in [1.807, 2.05) is 41.3 Å². The van der Waals surface area contributed by atoms with Gasteiger partial charge in [-0.05, 0) is 178 Å². The molecule has 0 aliphatic carbocycles. The molecule has 9 N–H and O–H groups in total. The maximum absolute atomic E-state index is 14.3. The lowest BCUT2D eigenvalue weighted by Gasteiger charge is -2.20. The number of alkyl halides is 2. The molecule has 0 bridgehead atoms. The number of aromatic amines is 1. The van der Waals surface area contributed by atoms with Gasteiger partial charge in [-0.25, -0.2) is 39.5 Å². The summed E-state index contributed by atoms with van der Waals surface area (Å²) >= 11 is 15.2. The second-order valence-corrected chi connectivity index (χ2v) is 28.5. The fourth-order valence-electron chi connectivity index (χ4n) is 14.1. The van der Waals surface area contributed by atoms with E-state index in [4.69, 9.17) is 57.7 Å². The number of Topliss-reactive ketones (excluding diaryl/α,β-unsaturated/α-hetero) is 2. The molecule has 5 heterocycles. The predicted molar refractivity (Wildman–Crippen MR) is 443 cm³/mol. The van der Waals surface area contributed by atoms with Crippen molar-refractivity contribution in [1.29, 1.82) is 0 Å². The van der Waals surface area contributed by atoms with Gasteiger partial charge in [-0.2, -0.15) is 4.58 Å². The summed E-state index contributed by atoms with van der Waals surface area (Å²) in [4.78, 5) is 86.6. The zero-order valence-corrected chi connectivity index (χ0v) is 65.2. The summed E-state index contributed by atoms with van der Waals surface area (Å²) in [5.41, 5.74) is 30.2. The van der Waals surface area contributed by atoms with Crippen molar-refractivity contribution in [2.24, 2.45) is 22.9 Å². The first-order chi connectivity index (χ1) is 57.1. The Hall–Kier alpha value is -13.0. The minimum absolute atomic E-state index is 0.0183. The highest BCUT2D eigenvalue weighted by Gasteiger charge is 2.31. The molecule has 3 atom stereocenters. The third-order valence-electron chi connectivity index (χ3n) is 19.3. The minimum Gasteiger partial charge on any atom is -0.366 e. The summed E-state index contributed by atoms with van der Waals surface area (Å²) < 4.78 is 126. The summed E-state index contributed by atoms with van der Waals surface area (Å²) in [6.07, 6.45) is 9.69. The van der Waals surface area contributed by atoms with Gasteiger partial charge in [0.1, 0.15) is 58.1 Å². The molecular formula is C92H72Cl3F9N9O6+. The number of carbonyl (C=O) groups is 6. The third kappa shape index (κ3) is 22.6. The van der Waals surface area contributed by atoms with E-state index in [2.05, 4.69) is 74.5 Å². The lowest BCUT2D eigenvalue weighted by atomic mass is 9.86. The van der Waals surface area contributed by atoms with Crippen molar-refractivity contribution in [2.75, 3.05) is 18.3 Å². The number of hydrogen-bond donors (Lipinski definition) is 5. The fraction of sp³-hybridized carbons (Fsp3) is 0.130. The second-order valence-electron chi connectivity index (χ2n) is 27.6. The molecule has 0 fully saturated rings. The average molecular weight is 1680 g/mol. The number of benzene rings is 10. The van der Waals surface area contributed by atoms with Crippen LogP contribution in [0.4, 0.5) is 45.2 Å². The van der Waals surface area contributed by atoms with Gasteiger partial charge in [-0.1, -0.05) is 103 Å². The number of nitrogens with one attached hydrogen (secondary N) is 1. The SMILES string of the molecule is NC(=O)c1cc(-c2cccnc2[C@@H](CC(=O)CCl)Cc2cc(F)cc(F)c2)ccc1F.NC(=O)c1cc(-c2cccnc2[C@@H](CC(=O)C[N+]2=CCc3ccc4ccccc4c32)Cc2cc(F)cc(F)c2)ccc1F.NC(=O)c1cc(-c2cccnc2[C@@H](N)Cc2cc(F)cc(F)c2)ccc1F.O=C(Cl)CCl.c1ccc2c(c1)ccc1cc[nH]c12. The van der Waals surface area contributed by atoms with Gasteiger partial charge in [0.05, 0.1) is 68.9 Å². The molecule has 0 unspecified atom stereocenters. The van der Waals surface area contributed by atoms with Crippen LogP contribution < -0.4 is 22.9 Å². The molecule has 0 radical (unpaired) electrons. The van der Waals surface area contributed by atoms with E-state index < -0.39 is 93.2 Å². The van der Waals surface area contributed by atoms with Crippen LogP contribution in [-0.2, 0) is 40.1 Å². The molecule has 0 saturated carbocycles. The van der Waals surface area contributed by atoms with Gasteiger partial charge < -0.3 is 27.9 Å². The lowest BCUT2D eigenvalue weighted by Crippen LogP contribution is -2.20. The number of aromatic nitrogens is 4. The van der Waals surface area contributed by atoms with E-state index in [0.717, 1.165) is 58.4 Å². The Morgan fingerprint density at radius 1 is 0.420 bits per heavy atom. The lowest BCUT2D eigenvalue weighted by molar-refractivity contribution is -0.418. The zero-order chi connectivity index (χ0) is 85.1. The number of nitrogens with two attached hydrogens (primary N) is 4. The van der Waals surface area contributed by atoms with Crippen LogP contribution in [0.25, 0.3) is 65.8 Å². The Kier molecular flexibility index (Phi) is 29.4. The molecule has 1 aliphatic heterocycles. The molecule has 1 aliphatic rings. The summed E-state index contributed by atoms with van der Waals surface area (Å²) in [6, 6.07) is 57.9. The smallest absolute Gasteiger partial charge is 0.251 e. The molecule has 604 valence electrons. The Bertz CT molecular complexity index is 6130. The number of nitrogens with zero attached hydrogens (tertiary/aromatic N) is 4. The van der Waals surface area contributed by atoms with Gasteiger partial charge in [0.15, 0.2) is 12.0 Å². The van der Waals surface area contributed by atoms with E-state index in [1.54, 1.807) is 42.6 Å². The number of carbonyl (C=O) groups excluding carboxylic acids is 6. The number of halogens is 12. The van der Waals surface area contributed by atoms with E-state index in [1.165, 1.54) is 107 Å². The van der Waals surface area contributed by atoms with Crippen LogP contribution in [0.2, 0.25) is 0 Å². The van der Waals surface area contributed by atoms with E-state index in [-0.39, 0.29) is 78.7 Å². The van der Waals surface area contributed by atoms with Gasteiger partial charge in [0, 0.05) is 101 Å². The van der Waals surface area contributed by atoms with E-state index in [0.29, 0.717) is 73.6 Å². The summed E-state index contributed by atoms with van der Waals surface area (Å²) in [5, 5.41) is 5.49. The van der Waals surface area contributed by atoms with Gasteiger partial charge in [-0.3, -0.25) is 43.7 Å². The van der Waals surface area contributed by atoms with Crippen molar-refractivity contribution < 1.29 is 72.9 Å². The van der Waals surface area contributed by atoms with Gasteiger partial charge in [0.2, 0.25) is 17.5 Å². The maximum atomic E-state index is 14.3. The van der Waals surface area contributed by atoms with E-state index >= 15 is 0 Å². The van der Waals surface area contributed by atoms with Crippen LogP contribution in [-0.4, -0.2) is 83.6 Å². The normalized spacial score (nSPS) is 12.1. The molecule has 14 aromatic rings. The first-order valence-electron chi connectivity index (χ1n) is 36.8. The van der Waals surface area contributed by atoms with E-state index in [9.17, 15) is 68.3 Å². The first kappa shape index (κ1) is 86.8. The highest BCUT2D eigenvalue weighted by molar-refractivity contribution is 6.67. The monoisotopic (exact) mass is 1670 g/mol. The third-order valence-corrected chi connectivity index (χ3v) is 20.1. The van der Waals surface area contributed by atoms with Crippen molar-refractivity contribution in [1.82, 2.24) is 19.9 Å². The van der Waals surface area contributed by atoms with Crippen LogP contribution in [0, 0.1) is 52.4 Å². The molecule has 0 spiro atoms.